The molecule has 3 rings (SSSR count). The van der Waals surface area contributed by atoms with E-state index in [-0.39, 0.29) is 0 Å². The third kappa shape index (κ3) is 3.10. The highest BCUT2D eigenvalue weighted by molar-refractivity contribution is 7.93. The number of nitrogens with zero attached hydrogens (tertiary/aromatic N) is 1. The van der Waals surface area contributed by atoms with Crippen molar-refractivity contribution < 1.29 is 17.6 Å². The molecule has 0 radical (unpaired) electrons. The van der Waals surface area contributed by atoms with Crippen LogP contribution in [0, 0.1) is 0 Å². The van der Waals surface area contributed by atoms with Crippen molar-refractivity contribution in [2.75, 3.05) is 5.32 Å². The number of carbonyl (C=O) groups is 1. The van der Waals surface area contributed by atoms with Gasteiger partial charge >= 0.3 is 0 Å². The molecule has 1 amide bonds. The number of anilines is 1. The minimum absolute atomic E-state index is 0.414. The van der Waals surface area contributed by atoms with Gasteiger partial charge in [0.15, 0.2) is 21.3 Å². The number of sulfone groups is 1. The van der Waals surface area contributed by atoms with Crippen molar-refractivity contribution in [2.45, 2.75) is 50.0 Å². The number of carbonyl (C=O) groups excluding carboxylic acids is 1. The number of rotatable bonds is 5. The molecule has 0 saturated heterocycles. The minimum atomic E-state index is -3.48. The third-order valence-electron chi connectivity index (χ3n) is 4.12. The Balaban J connectivity index is 1.79. The Hall–Kier alpha value is -1.89. The van der Waals surface area contributed by atoms with E-state index in [4.69, 9.17) is 4.42 Å². The molecule has 1 fully saturated rings. The van der Waals surface area contributed by atoms with Crippen molar-refractivity contribution in [1.29, 1.82) is 0 Å². The fourth-order valence-electron chi connectivity index (χ4n) is 2.33. The van der Waals surface area contributed by atoms with Gasteiger partial charge < -0.3 is 9.73 Å². The first kappa shape index (κ1) is 16.0. The molecule has 1 aliphatic rings. The van der Waals surface area contributed by atoms with Crippen LogP contribution in [0.15, 0.2) is 22.6 Å². The van der Waals surface area contributed by atoms with Gasteiger partial charge in [0.25, 0.3) is 0 Å². The lowest BCUT2D eigenvalue weighted by molar-refractivity contribution is -0.115. The molecule has 6 nitrogen and oxygen atoms in total. The van der Waals surface area contributed by atoms with E-state index in [2.05, 4.69) is 10.3 Å². The van der Waals surface area contributed by atoms with Crippen molar-refractivity contribution in [3.05, 3.63) is 24.1 Å². The van der Waals surface area contributed by atoms with Crippen LogP contribution in [0.2, 0.25) is 0 Å². The van der Waals surface area contributed by atoms with Gasteiger partial charge in [0.1, 0.15) is 10.8 Å². The van der Waals surface area contributed by atoms with Gasteiger partial charge in [0, 0.05) is 11.6 Å². The smallest absolute Gasteiger partial charge is 0.242 e. The van der Waals surface area contributed by atoms with E-state index in [1.165, 1.54) is 6.92 Å². The highest BCUT2D eigenvalue weighted by atomic mass is 32.2. The van der Waals surface area contributed by atoms with Crippen molar-refractivity contribution in [3.63, 3.8) is 0 Å². The molecule has 1 aliphatic carbocycles. The summed E-state index contributed by atoms with van der Waals surface area (Å²) >= 11 is 0. The topological polar surface area (TPSA) is 89.3 Å². The molecule has 23 heavy (non-hydrogen) atoms. The van der Waals surface area contributed by atoms with E-state index < -0.39 is 26.2 Å². The molecule has 1 N–H and O–H groups in total. The molecule has 7 heteroatoms. The second-order valence-electron chi connectivity index (χ2n) is 6.28. The van der Waals surface area contributed by atoms with Crippen LogP contribution >= 0.6 is 0 Å². The highest BCUT2D eigenvalue weighted by Crippen LogP contribution is 2.40. The summed E-state index contributed by atoms with van der Waals surface area (Å²) in [5, 5.41) is 0.955. The van der Waals surface area contributed by atoms with Crippen LogP contribution in [0.5, 0.6) is 0 Å². The number of nitrogens with one attached hydrogen (secondary N) is 1. The zero-order valence-corrected chi connectivity index (χ0v) is 14.2. The van der Waals surface area contributed by atoms with E-state index in [1.807, 2.05) is 0 Å². The normalized spacial score (nSPS) is 16.7. The van der Waals surface area contributed by atoms with Crippen LogP contribution in [0.25, 0.3) is 11.1 Å². The number of fused-ring (bicyclic) bond motifs is 1. The largest absolute Gasteiger partial charge is 0.440 e. The molecule has 0 unspecified atom stereocenters. The SMILES string of the molecule is CC(C)S(=O)(=O)[C@H](C)C(=O)Nc1ccc2oc(C3CC3)nc2c1. The maximum atomic E-state index is 12.2. The van der Waals surface area contributed by atoms with Gasteiger partial charge in [-0.1, -0.05) is 0 Å². The fraction of sp³-hybridized carbons (Fsp3) is 0.500. The lowest BCUT2D eigenvalue weighted by Gasteiger charge is -2.15. The first-order valence-corrected chi connectivity index (χ1v) is 9.34. The standard InChI is InChI=1S/C16H20N2O4S/c1-9(2)23(20,21)10(3)15(19)17-12-6-7-14-13(8-12)18-16(22-14)11-4-5-11/h6-11H,4-5H2,1-3H3,(H,17,19)/t10-/m1/s1. The summed E-state index contributed by atoms with van der Waals surface area (Å²) in [5.41, 5.74) is 1.86. The van der Waals surface area contributed by atoms with Gasteiger partial charge in [0.2, 0.25) is 5.91 Å². The van der Waals surface area contributed by atoms with Crippen molar-refractivity contribution >= 4 is 32.5 Å². The van der Waals surface area contributed by atoms with Crippen LogP contribution in [-0.2, 0) is 14.6 Å². The van der Waals surface area contributed by atoms with Crippen LogP contribution in [0.3, 0.4) is 0 Å². The maximum Gasteiger partial charge on any atom is 0.242 e. The van der Waals surface area contributed by atoms with E-state index >= 15 is 0 Å². The zero-order chi connectivity index (χ0) is 16.8. The first-order valence-electron chi connectivity index (χ1n) is 7.73. The second kappa shape index (κ2) is 5.63. The summed E-state index contributed by atoms with van der Waals surface area (Å²) < 4.78 is 29.8. The Bertz CT molecular complexity index is 850. The molecule has 1 heterocycles. The summed E-state index contributed by atoms with van der Waals surface area (Å²) in [5.74, 6) is 0.611. The van der Waals surface area contributed by atoms with Gasteiger partial charge in [-0.05, 0) is 51.8 Å². The van der Waals surface area contributed by atoms with Crippen molar-refractivity contribution in [1.82, 2.24) is 4.98 Å². The molecule has 1 saturated carbocycles. The Kier molecular flexibility index (Phi) is 3.91. The predicted octanol–water partition coefficient (Wildman–Crippen LogP) is 2.86. The van der Waals surface area contributed by atoms with Gasteiger partial charge in [-0.2, -0.15) is 0 Å². The second-order valence-corrected chi connectivity index (χ2v) is 9.11. The van der Waals surface area contributed by atoms with Crippen LogP contribution in [0.4, 0.5) is 5.69 Å². The first-order chi connectivity index (χ1) is 10.8. The summed E-state index contributed by atoms with van der Waals surface area (Å²) in [6.07, 6.45) is 2.20. The van der Waals surface area contributed by atoms with Gasteiger partial charge in [-0.25, -0.2) is 13.4 Å². The lowest BCUT2D eigenvalue weighted by Crippen LogP contribution is -2.36. The number of aromatic nitrogens is 1. The molecule has 0 aliphatic heterocycles. The fourth-order valence-corrected chi connectivity index (χ4v) is 3.50. The number of hydrogen-bond donors (Lipinski definition) is 1. The van der Waals surface area contributed by atoms with E-state index in [0.717, 1.165) is 18.7 Å². The van der Waals surface area contributed by atoms with Crippen LogP contribution in [-0.4, -0.2) is 29.8 Å². The van der Waals surface area contributed by atoms with Crippen LogP contribution in [0.1, 0.15) is 45.4 Å². The quantitative estimate of drug-likeness (QED) is 0.907. The average molecular weight is 336 g/mol. The summed E-state index contributed by atoms with van der Waals surface area (Å²) in [4.78, 5) is 16.6. The predicted molar refractivity (Wildman–Crippen MR) is 88.1 cm³/mol. The van der Waals surface area contributed by atoms with E-state index in [9.17, 15) is 13.2 Å². The van der Waals surface area contributed by atoms with Crippen LogP contribution < -0.4 is 5.32 Å². The van der Waals surface area contributed by atoms with Crippen molar-refractivity contribution in [2.24, 2.45) is 0 Å². The molecular weight excluding hydrogens is 316 g/mol. The van der Waals surface area contributed by atoms with Gasteiger partial charge in [0.05, 0.1) is 5.25 Å². The van der Waals surface area contributed by atoms with E-state index in [0.29, 0.717) is 22.7 Å². The zero-order valence-electron chi connectivity index (χ0n) is 13.4. The Labute approximate surface area is 135 Å². The number of hydrogen-bond acceptors (Lipinski definition) is 5. The Morgan fingerprint density at radius 2 is 2.00 bits per heavy atom. The van der Waals surface area contributed by atoms with Gasteiger partial charge in [-0.15, -0.1) is 0 Å². The summed E-state index contributed by atoms with van der Waals surface area (Å²) in [7, 11) is -3.48. The molecule has 124 valence electrons. The summed E-state index contributed by atoms with van der Waals surface area (Å²) in [6, 6.07) is 5.14. The number of benzene rings is 1. The molecule has 2 aromatic rings. The molecule has 1 atom stereocenters. The highest BCUT2D eigenvalue weighted by Gasteiger charge is 2.31. The van der Waals surface area contributed by atoms with Gasteiger partial charge in [-0.3, -0.25) is 4.79 Å². The summed E-state index contributed by atoms with van der Waals surface area (Å²) in [6.45, 7) is 4.55. The third-order valence-corrected chi connectivity index (χ3v) is 6.63. The maximum absolute atomic E-state index is 12.2. The molecule has 1 aromatic heterocycles. The van der Waals surface area contributed by atoms with E-state index in [1.54, 1.807) is 32.0 Å². The minimum Gasteiger partial charge on any atom is -0.440 e. The molecule has 1 aromatic carbocycles. The monoisotopic (exact) mass is 336 g/mol. The Morgan fingerprint density at radius 3 is 2.61 bits per heavy atom. The molecule has 0 spiro atoms. The van der Waals surface area contributed by atoms with Crippen molar-refractivity contribution in [3.8, 4) is 0 Å². The average Bonchev–Trinajstić information content (AvgIpc) is 3.26. The number of oxazole rings is 1. The lowest BCUT2D eigenvalue weighted by atomic mass is 10.3. The number of amides is 1. The molecular formula is C16H20N2O4S. The molecule has 0 bridgehead atoms. The Morgan fingerprint density at radius 1 is 1.30 bits per heavy atom.